The van der Waals surface area contributed by atoms with Crippen molar-refractivity contribution in [2.45, 2.75) is 26.3 Å². The smallest absolute Gasteiger partial charge is 0.131 e. The molecule has 1 aliphatic heterocycles. The SMILES string of the molecule is CCNC(C)c1ccc(F)c(-c2ccc3c(c2)CCO3)c1. The van der Waals surface area contributed by atoms with Crippen molar-refractivity contribution in [3.8, 4) is 16.9 Å². The monoisotopic (exact) mass is 285 g/mol. The lowest BCUT2D eigenvalue weighted by Gasteiger charge is -2.15. The van der Waals surface area contributed by atoms with Crippen LogP contribution in [0, 0.1) is 5.82 Å². The molecule has 0 saturated carbocycles. The molecule has 0 amide bonds. The van der Waals surface area contributed by atoms with E-state index < -0.39 is 0 Å². The molecule has 0 aliphatic carbocycles. The molecule has 0 spiro atoms. The van der Waals surface area contributed by atoms with Gasteiger partial charge in [-0.25, -0.2) is 4.39 Å². The van der Waals surface area contributed by atoms with Crippen LogP contribution in [-0.2, 0) is 6.42 Å². The maximum absolute atomic E-state index is 14.2. The molecule has 21 heavy (non-hydrogen) atoms. The van der Waals surface area contributed by atoms with E-state index in [0.29, 0.717) is 5.56 Å². The number of halogens is 1. The fourth-order valence-electron chi connectivity index (χ4n) is 2.81. The Kier molecular flexibility index (Phi) is 3.93. The van der Waals surface area contributed by atoms with Crippen molar-refractivity contribution in [1.82, 2.24) is 5.32 Å². The maximum atomic E-state index is 14.2. The van der Waals surface area contributed by atoms with Crippen molar-refractivity contribution in [1.29, 1.82) is 0 Å². The van der Waals surface area contributed by atoms with Crippen LogP contribution < -0.4 is 10.1 Å². The minimum atomic E-state index is -0.179. The Labute approximate surface area is 125 Å². The molecule has 2 aromatic rings. The lowest BCUT2D eigenvalue weighted by atomic mass is 9.97. The third-order valence-electron chi connectivity index (χ3n) is 4.00. The molecule has 2 aromatic carbocycles. The third kappa shape index (κ3) is 2.79. The molecule has 0 saturated heterocycles. The Bertz CT molecular complexity index is 654. The molecule has 2 nitrogen and oxygen atoms in total. The molecule has 1 aliphatic rings. The number of nitrogens with one attached hydrogen (secondary N) is 1. The van der Waals surface area contributed by atoms with E-state index in [1.807, 2.05) is 30.3 Å². The summed E-state index contributed by atoms with van der Waals surface area (Å²) < 4.78 is 19.7. The van der Waals surface area contributed by atoms with Crippen molar-refractivity contribution < 1.29 is 9.13 Å². The highest BCUT2D eigenvalue weighted by Gasteiger charge is 2.15. The summed E-state index contributed by atoms with van der Waals surface area (Å²) in [6.07, 6.45) is 0.901. The lowest BCUT2D eigenvalue weighted by molar-refractivity contribution is 0.357. The van der Waals surface area contributed by atoms with Crippen LogP contribution in [-0.4, -0.2) is 13.2 Å². The van der Waals surface area contributed by atoms with E-state index in [2.05, 4.69) is 19.2 Å². The van der Waals surface area contributed by atoms with Gasteiger partial charge in [0.15, 0.2) is 0 Å². The van der Waals surface area contributed by atoms with E-state index in [-0.39, 0.29) is 11.9 Å². The first-order chi connectivity index (χ1) is 10.2. The Hall–Kier alpha value is -1.87. The van der Waals surface area contributed by atoms with Crippen LogP contribution in [0.2, 0.25) is 0 Å². The first-order valence-electron chi connectivity index (χ1n) is 7.48. The Morgan fingerprint density at radius 1 is 1.24 bits per heavy atom. The van der Waals surface area contributed by atoms with Gasteiger partial charge in [0.25, 0.3) is 0 Å². The number of hydrogen-bond acceptors (Lipinski definition) is 2. The largest absolute Gasteiger partial charge is 0.493 e. The summed E-state index contributed by atoms with van der Waals surface area (Å²) in [4.78, 5) is 0. The summed E-state index contributed by atoms with van der Waals surface area (Å²) >= 11 is 0. The van der Waals surface area contributed by atoms with Crippen LogP contribution in [0.15, 0.2) is 36.4 Å². The van der Waals surface area contributed by atoms with Gasteiger partial charge < -0.3 is 10.1 Å². The number of benzene rings is 2. The summed E-state index contributed by atoms with van der Waals surface area (Å²) in [6.45, 7) is 5.78. The zero-order valence-corrected chi connectivity index (χ0v) is 12.4. The van der Waals surface area contributed by atoms with Crippen LogP contribution >= 0.6 is 0 Å². The van der Waals surface area contributed by atoms with E-state index >= 15 is 0 Å². The zero-order chi connectivity index (χ0) is 14.8. The highest BCUT2D eigenvalue weighted by molar-refractivity contribution is 5.67. The highest BCUT2D eigenvalue weighted by Crippen LogP contribution is 2.32. The van der Waals surface area contributed by atoms with Crippen molar-refractivity contribution in [2.24, 2.45) is 0 Å². The average Bonchev–Trinajstić information content (AvgIpc) is 2.95. The van der Waals surface area contributed by atoms with Gasteiger partial charge >= 0.3 is 0 Å². The van der Waals surface area contributed by atoms with Gasteiger partial charge in [-0.3, -0.25) is 0 Å². The molecule has 3 heteroatoms. The van der Waals surface area contributed by atoms with Crippen molar-refractivity contribution in [2.75, 3.05) is 13.2 Å². The van der Waals surface area contributed by atoms with Gasteiger partial charge in [0, 0.05) is 18.0 Å². The fourth-order valence-corrected chi connectivity index (χ4v) is 2.81. The molecule has 1 atom stereocenters. The van der Waals surface area contributed by atoms with Crippen LogP contribution in [0.5, 0.6) is 5.75 Å². The topological polar surface area (TPSA) is 21.3 Å². The van der Waals surface area contributed by atoms with Gasteiger partial charge in [-0.2, -0.15) is 0 Å². The minimum absolute atomic E-state index is 0.179. The van der Waals surface area contributed by atoms with Gasteiger partial charge in [0.1, 0.15) is 11.6 Å². The Morgan fingerprint density at radius 3 is 2.90 bits per heavy atom. The summed E-state index contributed by atoms with van der Waals surface area (Å²) in [7, 11) is 0. The molecule has 0 bridgehead atoms. The molecular weight excluding hydrogens is 265 g/mol. The number of ether oxygens (including phenoxy) is 1. The normalized spacial score (nSPS) is 14.6. The summed E-state index contributed by atoms with van der Waals surface area (Å²) in [5.74, 6) is 0.748. The van der Waals surface area contributed by atoms with Crippen molar-refractivity contribution in [3.63, 3.8) is 0 Å². The Morgan fingerprint density at radius 2 is 2.10 bits per heavy atom. The lowest BCUT2D eigenvalue weighted by Crippen LogP contribution is -2.17. The molecule has 0 fully saturated rings. The third-order valence-corrected chi connectivity index (χ3v) is 4.00. The molecular formula is C18H20FNO. The quantitative estimate of drug-likeness (QED) is 0.913. The number of rotatable bonds is 4. The van der Waals surface area contributed by atoms with Gasteiger partial charge in [0.2, 0.25) is 0 Å². The van der Waals surface area contributed by atoms with Crippen molar-refractivity contribution >= 4 is 0 Å². The maximum Gasteiger partial charge on any atom is 0.131 e. The number of fused-ring (bicyclic) bond motifs is 1. The van der Waals surface area contributed by atoms with Gasteiger partial charge in [-0.15, -0.1) is 0 Å². The summed E-state index contributed by atoms with van der Waals surface area (Å²) in [5.41, 5.74) is 3.84. The van der Waals surface area contributed by atoms with E-state index in [9.17, 15) is 4.39 Å². The summed E-state index contributed by atoms with van der Waals surface area (Å²) in [6, 6.07) is 11.5. The molecule has 3 rings (SSSR count). The molecule has 1 heterocycles. The molecule has 1 N–H and O–H groups in total. The predicted molar refractivity (Wildman–Crippen MR) is 83.1 cm³/mol. The second-order valence-corrected chi connectivity index (χ2v) is 5.44. The van der Waals surface area contributed by atoms with Gasteiger partial charge in [-0.05, 0) is 54.4 Å². The highest BCUT2D eigenvalue weighted by atomic mass is 19.1. The van der Waals surface area contributed by atoms with Crippen LogP contribution in [0.4, 0.5) is 4.39 Å². The zero-order valence-electron chi connectivity index (χ0n) is 12.4. The second-order valence-electron chi connectivity index (χ2n) is 5.44. The van der Waals surface area contributed by atoms with E-state index in [0.717, 1.165) is 42.0 Å². The van der Waals surface area contributed by atoms with E-state index in [4.69, 9.17) is 4.74 Å². The predicted octanol–water partition coefficient (Wildman–Crippen LogP) is 4.10. The first-order valence-corrected chi connectivity index (χ1v) is 7.48. The molecule has 0 aromatic heterocycles. The second kappa shape index (κ2) is 5.86. The van der Waals surface area contributed by atoms with Crippen molar-refractivity contribution in [3.05, 3.63) is 53.3 Å². The molecule has 110 valence electrons. The first kappa shape index (κ1) is 14.1. The van der Waals surface area contributed by atoms with E-state index in [1.54, 1.807) is 6.07 Å². The van der Waals surface area contributed by atoms with E-state index in [1.165, 1.54) is 0 Å². The number of hydrogen-bond donors (Lipinski definition) is 1. The van der Waals surface area contributed by atoms with Gasteiger partial charge in [-0.1, -0.05) is 19.1 Å². The molecule has 0 radical (unpaired) electrons. The molecule has 1 unspecified atom stereocenters. The van der Waals surface area contributed by atoms with Crippen LogP contribution in [0.25, 0.3) is 11.1 Å². The standard InChI is InChI=1S/C18H20FNO/c1-3-20-12(2)13-4-6-17(19)16(11-13)14-5-7-18-15(10-14)8-9-21-18/h4-7,10-12,20H,3,8-9H2,1-2H3. The Balaban J connectivity index is 1.99. The average molecular weight is 285 g/mol. The van der Waals surface area contributed by atoms with Crippen LogP contribution in [0.3, 0.4) is 0 Å². The fraction of sp³-hybridized carbons (Fsp3) is 0.333. The minimum Gasteiger partial charge on any atom is -0.493 e. The summed E-state index contributed by atoms with van der Waals surface area (Å²) in [5, 5.41) is 3.36. The van der Waals surface area contributed by atoms with Gasteiger partial charge in [0.05, 0.1) is 6.61 Å². The van der Waals surface area contributed by atoms with Crippen LogP contribution in [0.1, 0.15) is 31.0 Å².